The van der Waals surface area contributed by atoms with E-state index in [0.29, 0.717) is 36.2 Å². The summed E-state index contributed by atoms with van der Waals surface area (Å²) in [4.78, 5) is 15.4. The van der Waals surface area contributed by atoms with Crippen LogP contribution in [-0.2, 0) is 9.84 Å². The molecule has 12 heteroatoms. The van der Waals surface area contributed by atoms with Crippen LogP contribution in [-0.4, -0.2) is 62.6 Å². The van der Waals surface area contributed by atoms with Crippen molar-refractivity contribution in [3.05, 3.63) is 91.3 Å². The quantitative estimate of drug-likeness (QED) is 0.294. The highest BCUT2D eigenvalue weighted by atomic mass is 32.2. The van der Waals surface area contributed by atoms with Gasteiger partial charge in [0.05, 0.1) is 17.0 Å². The summed E-state index contributed by atoms with van der Waals surface area (Å²) in [7, 11) is -2.94. The van der Waals surface area contributed by atoms with Gasteiger partial charge in [0.25, 0.3) is 0 Å². The maximum Gasteiger partial charge on any atom is 0.224 e. The molecule has 0 atom stereocenters. The fourth-order valence-electron chi connectivity index (χ4n) is 5.05. The molecule has 210 valence electrons. The van der Waals surface area contributed by atoms with Crippen molar-refractivity contribution in [2.45, 2.75) is 6.92 Å². The molecule has 11 nitrogen and oxygen atoms in total. The highest BCUT2D eigenvalue weighted by molar-refractivity contribution is 7.91. The Hall–Kier alpha value is -5.10. The Morgan fingerprint density at radius 1 is 0.881 bits per heavy atom. The molecule has 3 aromatic heterocycles. The molecule has 0 unspecified atom stereocenters. The van der Waals surface area contributed by atoms with Crippen LogP contribution in [0.3, 0.4) is 0 Å². The van der Waals surface area contributed by atoms with Crippen LogP contribution in [0.1, 0.15) is 5.56 Å². The molecule has 1 aliphatic rings. The zero-order valence-electron chi connectivity index (χ0n) is 22.7. The first-order valence-corrected chi connectivity index (χ1v) is 15.2. The lowest BCUT2D eigenvalue weighted by molar-refractivity contribution is 0.458. The number of nitrogens with one attached hydrogen (secondary N) is 1. The second kappa shape index (κ2) is 10.4. The SMILES string of the molecule is Cc1cc(Nc2ncnc3ccc(-c4cccc(N5CCS(=O)(=O)CC5)c4)cc23)ccc1Oc1cc2nncn2cn1. The summed E-state index contributed by atoms with van der Waals surface area (Å²) in [6.07, 6.45) is 4.74. The third kappa shape index (κ3) is 5.19. The van der Waals surface area contributed by atoms with Crippen LogP contribution in [0.25, 0.3) is 27.7 Å². The lowest BCUT2D eigenvalue weighted by Crippen LogP contribution is -2.40. The van der Waals surface area contributed by atoms with Crippen LogP contribution in [0.4, 0.5) is 17.2 Å². The molecule has 3 aromatic carbocycles. The van der Waals surface area contributed by atoms with Crippen molar-refractivity contribution < 1.29 is 13.2 Å². The predicted octanol–water partition coefficient (Wildman–Crippen LogP) is 4.81. The van der Waals surface area contributed by atoms with E-state index in [1.165, 1.54) is 0 Å². The van der Waals surface area contributed by atoms with Crippen molar-refractivity contribution in [3.63, 3.8) is 0 Å². The van der Waals surface area contributed by atoms with Gasteiger partial charge < -0.3 is 15.0 Å². The molecule has 0 radical (unpaired) electrons. The summed E-state index contributed by atoms with van der Waals surface area (Å²) < 4.78 is 31.5. The second-order valence-corrected chi connectivity index (χ2v) is 12.5. The number of ether oxygens (including phenoxy) is 1. The Kier molecular flexibility index (Phi) is 6.39. The largest absolute Gasteiger partial charge is 0.439 e. The van der Waals surface area contributed by atoms with Gasteiger partial charge in [0.1, 0.15) is 30.5 Å². The Bertz CT molecular complexity index is 2050. The topological polar surface area (TPSA) is 128 Å². The smallest absolute Gasteiger partial charge is 0.224 e. The molecule has 0 saturated carbocycles. The van der Waals surface area contributed by atoms with E-state index in [9.17, 15) is 8.42 Å². The van der Waals surface area contributed by atoms with E-state index in [1.54, 1.807) is 29.4 Å². The maximum atomic E-state index is 11.9. The molecule has 1 saturated heterocycles. The van der Waals surface area contributed by atoms with E-state index in [-0.39, 0.29) is 11.5 Å². The van der Waals surface area contributed by atoms with Gasteiger partial charge in [0.2, 0.25) is 5.88 Å². The number of aromatic nitrogens is 6. The van der Waals surface area contributed by atoms with Crippen molar-refractivity contribution in [2.24, 2.45) is 0 Å². The van der Waals surface area contributed by atoms with Crippen LogP contribution in [0.2, 0.25) is 0 Å². The van der Waals surface area contributed by atoms with E-state index < -0.39 is 9.84 Å². The Labute approximate surface area is 241 Å². The van der Waals surface area contributed by atoms with E-state index in [0.717, 1.165) is 39.0 Å². The average Bonchev–Trinajstić information content (AvgIpc) is 3.47. The van der Waals surface area contributed by atoms with Crippen molar-refractivity contribution in [1.29, 1.82) is 0 Å². The number of hydrogen-bond donors (Lipinski definition) is 1. The first-order chi connectivity index (χ1) is 20.4. The molecule has 1 aliphatic heterocycles. The monoisotopic (exact) mass is 578 g/mol. The summed E-state index contributed by atoms with van der Waals surface area (Å²) >= 11 is 0. The van der Waals surface area contributed by atoms with Crippen molar-refractivity contribution in [3.8, 4) is 22.8 Å². The van der Waals surface area contributed by atoms with Gasteiger partial charge in [-0.15, -0.1) is 10.2 Å². The highest BCUT2D eigenvalue weighted by Crippen LogP contribution is 2.32. The number of rotatable bonds is 6. The summed E-state index contributed by atoms with van der Waals surface area (Å²) in [5, 5.41) is 12.2. The van der Waals surface area contributed by atoms with Crippen LogP contribution in [0.5, 0.6) is 11.6 Å². The number of aryl methyl sites for hydroxylation is 1. The third-order valence-electron chi connectivity index (χ3n) is 7.34. The van der Waals surface area contributed by atoms with Crippen LogP contribution < -0.4 is 15.0 Å². The lowest BCUT2D eigenvalue weighted by Gasteiger charge is -2.29. The zero-order valence-corrected chi connectivity index (χ0v) is 23.5. The second-order valence-electron chi connectivity index (χ2n) is 10.2. The molecular weight excluding hydrogens is 552 g/mol. The van der Waals surface area contributed by atoms with Gasteiger partial charge in [-0.25, -0.2) is 23.4 Å². The van der Waals surface area contributed by atoms with Gasteiger partial charge >= 0.3 is 0 Å². The van der Waals surface area contributed by atoms with Crippen LogP contribution in [0, 0.1) is 6.92 Å². The van der Waals surface area contributed by atoms with E-state index in [1.807, 2.05) is 49.4 Å². The Balaban J connectivity index is 1.14. The fourth-order valence-corrected chi connectivity index (χ4v) is 6.25. The molecule has 0 amide bonds. The van der Waals surface area contributed by atoms with Crippen molar-refractivity contribution in [1.82, 2.24) is 29.5 Å². The number of fused-ring (bicyclic) bond motifs is 2. The number of benzene rings is 3. The number of nitrogens with zero attached hydrogens (tertiary/aromatic N) is 7. The predicted molar refractivity (Wildman–Crippen MR) is 161 cm³/mol. The van der Waals surface area contributed by atoms with Crippen molar-refractivity contribution >= 4 is 43.6 Å². The van der Waals surface area contributed by atoms with E-state index in [2.05, 4.69) is 53.6 Å². The Morgan fingerprint density at radius 3 is 2.60 bits per heavy atom. The fraction of sp³-hybridized carbons (Fsp3) is 0.167. The molecule has 1 fully saturated rings. The zero-order chi connectivity index (χ0) is 28.7. The van der Waals surface area contributed by atoms with Gasteiger partial charge in [-0.2, -0.15) is 0 Å². The molecule has 0 spiro atoms. The summed E-state index contributed by atoms with van der Waals surface area (Å²) in [5.41, 5.74) is 6.31. The first kappa shape index (κ1) is 25.8. The van der Waals surface area contributed by atoms with Gasteiger partial charge in [-0.1, -0.05) is 18.2 Å². The van der Waals surface area contributed by atoms with Gasteiger partial charge in [0, 0.05) is 35.9 Å². The van der Waals surface area contributed by atoms with Gasteiger partial charge in [0.15, 0.2) is 15.5 Å². The molecule has 0 aliphatic carbocycles. The van der Waals surface area contributed by atoms with Crippen molar-refractivity contribution in [2.75, 3.05) is 34.8 Å². The number of anilines is 3. The van der Waals surface area contributed by atoms with E-state index in [4.69, 9.17) is 4.74 Å². The summed E-state index contributed by atoms with van der Waals surface area (Å²) in [5.74, 6) is 2.16. The summed E-state index contributed by atoms with van der Waals surface area (Å²) in [6, 6.07) is 21.8. The maximum absolute atomic E-state index is 11.9. The number of hydrogen-bond acceptors (Lipinski definition) is 10. The highest BCUT2D eigenvalue weighted by Gasteiger charge is 2.22. The summed E-state index contributed by atoms with van der Waals surface area (Å²) in [6.45, 7) is 2.97. The molecule has 6 aromatic rings. The normalized spacial score (nSPS) is 14.7. The van der Waals surface area contributed by atoms with Crippen LogP contribution >= 0.6 is 0 Å². The molecule has 42 heavy (non-hydrogen) atoms. The average molecular weight is 579 g/mol. The molecular formula is C30H26N8O3S. The molecule has 7 rings (SSSR count). The minimum atomic E-state index is -2.94. The Morgan fingerprint density at radius 2 is 1.74 bits per heavy atom. The standard InChI is InChI=1S/C30H26N8O3S/c1-20-13-23(6-8-27(20)41-29-16-28-36-34-19-38(28)18-33-29)35-30-25-15-22(5-7-26(25)31-17-32-30)21-3-2-4-24(14-21)37-9-11-42(39,40)12-10-37/h2-8,13-19H,9-12H2,1H3,(H,31,32,35). The van der Waals surface area contributed by atoms with E-state index >= 15 is 0 Å². The minimum absolute atomic E-state index is 0.182. The minimum Gasteiger partial charge on any atom is -0.439 e. The van der Waals surface area contributed by atoms with Crippen LogP contribution in [0.15, 0.2) is 85.7 Å². The molecule has 0 bridgehead atoms. The molecule has 1 N–H and O–H groups in total. The number of sulfone groups is 1. The van der Waals surface area contributed by atoms with Gasteiger partial charge in [-0.05, 0) is 66.1 Å². The van der Waals surface area contributed by atoms with Gasteiger partial charge in [-0.3, -0.25) is 4.40 Å². The third-order valence-corrected chi connectivity index (χ3v) is 8.95. The molecule has 4 heterocycles. The lowest BCUT2D eigenvalue weighted by atomic mass is 10.0. The first-order valence-electron chi connectivity index (χ1n) is 13.4.